The third kappa shape index (κ3) is 4.03. The molecule has 2 atom stereocenters. The summed E-state index contributed by atoms with van der Waals surface area (Å²) >= 11 is 3.34. The normalized spacial score (nSPS) is 21.2. The van der Waals surface area contributed by atoms with E-state index in [1.54, 1.807) is 24.4 Å². The van der Waals surface area contributed by atoms with Gasteiger partial charge >= 0.3 is 0 Å². The van der Waals surface area contributed by atoms with Crippen molar-refractivity contribution in [1.29, 1.82) is 0 Å². The third-order valence-corrected chi connectivity index (χ3v) is 7.43. The molecule has 9 heteroatoms. The SMILES string of the molecule is O=C(NC1=C2CC(S(=O)(=O)c3ccc(F)cc3)NCC2N=C1)c1cccc(Br)c1. The Kier molecular flexibility index (Phi) is 5.37. The van der Waals surface area contributed by atoms with Crippen molar-refractivity contribution in [2.75, 3.05) is 6.54 Å². The minimum atomic E-state index is -3.71. The number of nitrogens with zero attached hydrogens (tertiary/aromatic N) is 1. The van der Waals surface area contributed by atoms with Gasteiger partial charge in [0, 0.05) is 29.2 Å². The van der Waals surface area contributed by atoms with Crippen LogP contribution < -0.4 is 10.6 Å². The molecular formula is C20H17BrFN3O3S. The summed E-state index contributed by atoms with van der Waals surface area (Å²) in [7, 11) is -3.71. The summed E-state index contributed by atoms with van der Waals surface area (Å²) in [6.45, 7) is 0.340. The highest BCUT2D eigenvalue weighted by molar-refractivity contribution is 9.10. The molecule has 2 aromatic rings. The van der Waals surface area contributed by atoms with Crippen molar-refractivity contribution < 1.29 is 17.6 Å². The van der Waals surface area contributed by atoms with Gasteiger partial charge in [0.15, 0.2) is 9.84 Å². The van der Waals surface area contributed by atoms with Crippen molar-refractivity contribution in [2.24, 2.45) is 4.99 Å². The number of amides is 1. The summed E-state index contributed by atoms with van der Waals surface area (Å²) in [5, 5.41) is 4.97. The van der Waals surface area contributed by atoms with Crippen LogP contribution in [0.4, 0.5) is 4.39 Å². The number of carbonyl (C=O) groups excluding carboxylic acids is 1. The van der Waals surface area contributed by atoms with Gasteiger partial charge in [-0.15, -0.1) is 0 Å². The molecule has 0 bridgehead atoms. The predicted octanol–water partition coefficient (Wildman–Crippen LogP) is 2.82. The largest absolute Gasteiger partial charge is 0.321 e. The molecule has 150 valence electrons. The lowest BCUT2D eigenvalue weighted by molar-refractivity contribution is 0.0967. The fraction of sp³-hybridized carbons (Fsp3) is 0.200. The first kappa shape index (κ1) is 19.9. The Labute approximate surface area is 176 Å². The Morgan fingerprint density at radius 3 is 2.69 bits per heavy atom. The van der Waals surface area contributed by atoms with E-state index in [-0.39, 0.29) is 23.3 Å². The maximum atomic E-state index is 13.2. The highest BCUT2D eigenvalue weighted by Crippen LogP contribution is 2.30. The molecule has 1 saturated heterocycles. The lowest BCUT2D eigenvalue weighted by Crippen LogP contribution is -2.46. The van der Waals surface area contributed by atoms with E-state index in [0.717, 1.165) is 22.2 Å². The van der Waals surface area contributed by atoms with Crippen molar-refractivity contribution in [3.05, 3.63) is 75.7 Å². The average Bonchev–Trinajstić information content (AvgIpc) is 3.10. The summed E-state index contributed by atoms with van der Waals surface area (Å²) in [5.41, 5.74) is 1.78. The molecular weight excluding hydrogens is 461 g/mol. The van der Waals surface area contributed by atoms with E-state index < -0.39 is 21.0 Å². The number of aliphatic imine (C=N–C) groups is 1. The maximum absolute atomic E-state index is 13.2. The molecule has 0 radical (unpaired) electrons. The fourth-order valence-corrected chi connectivity index (χ4v) is 5.36. The number of allylic oxidation sites excluding steroid dienone is 1. The van der Waals surface area contributed by atoms with Crippen LogP contribution in [0.5, 0.6) is 0 Å². The number of hydrogen-bond acceptors (Lipinski definition) is 5. The summed E-state index contributed by atoms with van der Waals surface area (Å²) in [4.78, 5) is 17.0. The van der Waals surface area contributed by atoms with E-state index in [1.807, 2.05) is 6.07 Å². The molecule has 2 heterocycles. The molecule has 1 amide bonds. The Bertz CT molecular complexity index is 1130. The minimum Gasteiger partial charge on any atom is -0.321 e. The Balaban J connectivity index is 1.57. The summed E-state index contributed by atoms with van der Waals surface area (Å²) in [5.74, 6) is -0.789. The number of sulfone groups is 1. The molecule has 6 nitrogen and oxygen atoms in total. The molecule has 0 spiro atoms. The second kappa shape index (κ2) is 7.81. The molecule has 0 saturated carbocycles. The first-order valence-electron chi connectivity index (χ1n) is 8.90. The van der Waals surface area contributed by atoms with Crippen molar-refractivity contribution in [3.8, 4) is 0 Å². The number of halogens is 2. The van der Waals surface area contributed by atoms with Gasteiger partial charge in [-0.2, -0.15) is 0 Å². The van der Waals surface area contributed by atoms with Gasteiger partial charge < -0.3 is 5.32 Å². The monoisotopic (exact) mass is 477 g/mol. The Morgan fingerprint density at radius 1 is 1.21 bits per heavy atom. The highest BCUT2D eigenvalue weighted by Gasteiger charge is 2.37. The molecule has 2 aromatic carbocycles. The van der Waals surface area contributed by atoms with Crippen LogP contribution in [0.1, 0.15) is 16.8 Å². The number of benzene rings is 2. The van der Waals surface area contributed by atoms with Crippen LogP contribution in [0.2, 0.25) is 0 Å². The van der Waals surface area contributed by atoms with E-state index >= 15 is 0 Å². The second-order valence-electron chi connectivity index (χ2n) is 6.80. The first-order chi connectivity index (χ1) is 13.8. The van der Waals surface area contributed by atoms with Gasteiger partial charge in [-0.25, -0.2) is 12.8 Å². The van der Waals surface area contributed by atoms with Gasteiger partial charge in [0.25, 0.3) is 5.91 Å². The summed E-state index contributed by atoms with van der Waals surface area (Å²) in [6.07, 6.45) is 1.75. The molecule has 2 unspecified atom stereocenters. The van der Waals surface area contributed by atoms with Crippen molar-refractivity contribution >= 4 is 37.9 Å². The molecule has 0 aromatic heterocycles. The van der Waals surface area contributed by atoms with E-state index in [0.29, 0.717) is 17.8 Å². The number of hydrogen-bond donors (Lipinski definition) is 2. The molecule has 1 fully saturated rings. The van der Waals surface area contributed by atoms with Gasteiger partial charge in [-0.05, 0) is 48.0 Å². The zero-order chi connectivity index (χ0) is 20.6. The van der Waals surface area contributed by atoms with Crippen LogP contribution in [0.3, 0.4) is 0 Å². The van der Waals surface area contributed by atoms with Crippen LogP contribution in [0.15, 0.2) is 74.2 Å². The number of rotatable bonds is 4. The fourth-order valence-electron chi connectivity index (χ4n) is 3.40. The topological polar surface area (TPSA) is 87.6 Å². The van der Waals surface area contributed by atoms with Crippen LogP contribution in [0, 0.1) is 5.82 Å². The highest BCUT2D eigenvalue weighted by atomic mass is 79.9. The predicted molar refractivity (Wildman–Crippen MR) is 111 cm³/mol. The lowest BCUT2D eigenvalue weighted by Gasteiger charge is -2.29. The van der Waals surface area contributed by atoms with E-state index in [9.17, 15) is 17.6 Å². The molecule has 0 aliphatic carbocycles. The number of fused-ring (bicyclic) bond motifs is 1. The first-order valence-corrected chi connectivity index (χ1v) is 11.2. The molecule has 2 N–H and O–H groups in total. The van der Waals surface area contributed by atoms with Crippen molar-refractivity contribution in [3.63, 3.8) is 0 Å². The number of carbonyl (C=O) groups is 1. The Morgan fingerprint density at radius 2 is 1.97 bits per heavy atom. The second-order valence-corrected chi connectivity index (χ2v) is 9.84. The Hall–Kier alpha value is -2.36. The van der Waals surface area contributed by atoms with Crippen LogP contribution in [0.25, 0.3) is 0 Å². The minimum absolute atomic E-state index is 0.0501. The molecule has 2 aliphatic heterocycles. The molecule has 4 rings (SSSR count). The van der Waals surface area contributed by atoms with Crippen LogP contribution >= 0.6 is 15.9 Å². The van der Waals surface area contributed by atoms with Gasteiger partial charge in [0.05, 0.1) is 16.6 Å². The van der Waals surface area contributed by atoms with Crippen molar-refractivity contribution in [1.82, 2.24) is 10.6 Å². The summed E-state index contributed by atoms with van der Waals surface area (Å²) in [6, 6.07) is 11.5. The number of piperidine rings is 1. The molecule has 29 heavy (non-hydrogen) atoms. The standard InChI is InChI=1S/C20H17BrFN3O3S/c21-13-3-1-2-12(8-13)20(26)25-18-11-23-17-10-24-19(9-16(17)18)29(27,28)15-6-4-14(22)5-7-15/h1-8,11,17,19,24H,9-10H2,(H,25,26). The van der Waals surface area contributed by atoms with Crippen LogP contribution in [-0.2, 0) is 9.84 Å². The smallest absolute Gasteiger partial charge is 0.255 e. The maximum Gasteiger partial charge on any atom is 0.255 e. The van der Waals surface area contributed by atoms with Gasteiger partial charge in [-0.1, -0.05) is 22.0 Å². The quantitative estimate of drug-likeness (QED) is 0.662. The lowest BCUT2D eigenvalue weighted by atomic mass is 10.0. The average molecular weight is 478 g/mol. The van der Waals surface area contributed by atoms with E-state index in [4.69, 9.17) is 0 Å². The zero-order valence-corrected chi connectivity index (χ0v) is 17.5. The van der Waals surface area contributed by atoms with Gasteiger partial charge in [0.1, 0.15) is 11.2 Å². The third-order valence-electron chi connectivity index (χ3n) is 4.93. The van der Waals surface area contributed by atoms with Crippen molar-refractivity contribution in [2.45, 2.75) is 22.7 Å². The zero-order valence-electron chi connectivity index (χ0n) is 15.1. The van der Waals surface area contributed by atoms with E-state index in [2.05, 4.69) is 31.6 Å². The van der Waals surface area contributed by atoms with Gasteiger partial charge in [-0.3, -0.25) is 15.1 Å². The summed E-state index contributed by atoms with van der Waals surface area (Å²) < 4.78 is 39.8. The van der Waals surface area contributed by atoms with E-state index in [1.165, 1.54) is 12.1 Å². The molecule has 2 aliphatic rings. The van der Waals surface area contributed by atoms with Gasteiger partial charge in [0.2, 0.25) is 0 Å². The number of nitrogens with one attached hydrogen (secondary N) is 2. The van der Waals surface area contributed by atoms with Crippen LogP contribution in [-0.4, -0.2) is 38.5 Å².